The van der Waals surface area contributed by atoms with Crippen molar-refractivity contribution >= 4 is 23.4 Å². The molecule has 1 aromatic heterocycles. The van der Waals surface area contributed by atoms with Crippen molar-refractivity contribution in [2.45, 2.75) is 25.5 Å². The Morgan fingerprint density at radius 1 is 1.36 bits per heavy atom. The zero-order valence-electron chi connectivity index (χ0n) is 12.0. The third kappa shape index (κ3) is 3.40. The van der Waals surface area contributed by atoms with E-state index in [1.807, 2.05) is 24.3 Å². The van der Waals surface area contributed by atoms with Gasteiger partial charge >= 0.3 is 6.03 Å². The number of aryl methyl sites for hydroxylation is 1. The second kappa shape index (κ2) is 6.37. The molecule has 2 amide bonds. The van der Waals surface area contributed by atoms with Crippen LogP contribution in [-0.4, -0.2) is 23.8 Å². The molecule has 0 unspecified atom stereocenters. The van der Waals surface area contributed by atoms with Crippen LogP contribution in [0.3, 0.4) is 0 Å². The van der Waals surface area contributed by atoms with Crippen molar-refractivity contribution in [3.8, 4) is 0 Å². The number of halogens is 1. The molecule has 1 aromatic carbocycles. The molecule has 2 N–H and O–H groups in total. The highest BCUT2D eigenvalue weighted by Crippen LogP contribution is 2.30. The highest BCUT2D eigenvalue weighted by Gasteiger charge is 2.31. The lowest BCUT2D eigenvalue weighted by molar-refractivity contribution is 0.100. The van der Waals surface area contributed by atoms with Gasteiger partial charge < -0.3 is 14.6 Å². The molecule has 0 saturated carbocycles. The summed E-state index contributed by atoms with van der Waals surface area (Å²) in [4.78, 5) is 12.0. The minimum Gasteiger partial charge on any atom is -0.371 e. The third-order valence-electron chi connectivity index (χ3n) is 3.48. The number of nitrogens with one attached hydrogen (secondary N) is 2. The van der Waals surface area contributed by atoms with Crippen LogP contribution in [0.25, 0.3) is 0 Å². The van der Waals surface area contributed by atoms with Gasteiger partial charge in [-0.2, -0.15) is 0 Å². The van der Waals surface area contributed by atoms with Crippen LogP contribution in [0, 0.1) is 6.92 Å². The molecule has 6 nitrogen and oxygen atoms in total. The maximum atomic E-state index is 12.0. The number of nitrogens with zero attached hydrogens (tertiary/aromatic N) is 1. The maximum absolute atomic E-state index is 12.0. The third-order valence-corrected chi connectivity index (χ3v) is 3.73. The summed E-state index contributed by atoms with van der Waals surface area (Å²) in [7, 11) is 0. The number of amides is 2. The number of hydrogen-bond donors (Lipinski definition) is 2. The van der Waals surface area contributed by atoms with Gasteiger partial charge in [-0.25, -0.2) is 4.79 Å². The van der Waals surface area contributed by atoms with Crippen LogP contribution in [0.2, 0.25) is 5.02 Å². The zero-order chi connectivity index (χ0) is 15.5. The minimum atomic E-state index is -0.331. The molecule has 3 rings (SSSR count). The van der Waals surface area contributed by atoms with E-state index in [1.54, 1.807) is 13.0 Å². The smallest absolute Gasteiger partial charge is 0.320 e. The van der Waals surface area contributed by atoms with Crippen molar-refractivity contribution in [3.63, 3.8) is 0 Å². The largest absolute Gasteiger partial charge is 0.371 e. The molecule has 1 fully saturated rings. The highest BCUT2D eigenvalue weighted by molar-refractivity contribution is 6.30. The first-order chi connectivity index (χ1) is 10.6. The van der Waals surface area contributed by atoms with Crippen molar-refractivity contribution in [3.05, 3.63) is 46.7 Å². The number of rotatable bonds is 3. The van der Waals surface area contributed by atoms with Crippen molar-refractivity contribution in [2.75, 3.05) is 11.9 Å². The van der Waals surface area contributed by atoms with E-state index in [4.69, 9.17) is 20.9 Å². The summed E-state index contributed by atoms with van der Waals surface area (Å²) < 4.78 is 10.6. The molecular formula is C15H16ClN3O3. The molecular weight excluding hydrogens is 306 g/mol. The molecule has 2 atom stereocenters. The number of urea groups is 1. The Labute approximate surface area is 132 Å². The van der Waals surface area contributed by atoms with E-state index in [0.717, 1.165) is 12.0 Å². The fourth-order valence-corrected chi connectivity index (χ4v) is 2.59. The number of carbonyl (C=O) groups excluding carboxylic acids is 1. The van der Waals surface area contributed by atoms with Crippen molar-refractivity contribution in [1.82, 2.24) is 10.5 Å². The molecule has 22 heavy (non-hydrogen) atoms. The van der Waals surface area contributed by atoms with E-state index in [2.05, 4.69) is 15.8 Å². The Kier molecular flexibility index (Phi) is 4.31. The van der Waals surface area contributed by atoms with Gasteiger partial charge in [-0.15, -0.1) is 0 Å². The van der Waals surface area contributed by atoms with Crippen LogP contribution in [0.15, 0.2) is 34.9 Å². The molecule has 0 radical (unpaired) electrons. The Bertz CT molecular complexity index is 656. The Morgan fingerprint density at radius 3 is 2.82 bits per heavy atom. The quantitative estimate of drug-likeness (QED) is 0.909. The van der Waals surface area contributed by atoms with Crippen LogP contribution in [-0.2, 0) is 4.74 Å². The summed E-state index contributed by atoms with van der Waals surface area (Å²) in [5.41, 5.74) is 0.990. The van der Waals surface area contributed by atoms with Crippen LogP contribution in [0.1, 0.15) is 23.8 Å². The summed E-state index contributed by atoms with van der Waals surface area (Å²) in [5.74, 6) is 1.02. The normalized spacial score (nSPS) is 20.8. The molecule has 1 aliphatic rings. The molecule has 7 heteroatoms. The summed E-state index contributed by atoms with van der Waals surface area (Å²) in [6.07, 6.45) is 0.570. The van der Waals surface area contributed by atoms with Gasteiger partial charge in [0.1, 0.15) is 11.9 Å². The van der Waals surface area contributed by atoms with Gasteiger partial charge in [-0.1, -0.05) is 28.9 Å². The van der Waals surface area contributed by atoms with E-state index >= 15 is 0 Å². The van der Waals surface area contributed by atoms with E-state index in [9.17, 15) is 4.79 Å². The first kappa shape index (κ1) is 14.9. The molecule has 116 valence electrons. The summed E-state index contributed by atoms with van der Waals surface area (Å²) in [6, 6.07) is 8.66. The Hall–Kier alpha value is -2.05. The van der Waals surface area contributed by atoms with Crippen LogP contribution in [0.4, 0.5) is 10.6 Å². The number of anilines is 1. The van der Waals surface area contributed by atoms with E-state index in [1.165, 1.54) is 0 Å². The lowest BCUT2D eigenvalue weighted by Gasteiger charge is -2.20. The lowest BCUT2D eigenvalue weighted by atomic mass is 10.0. The first-order valence-electron chi connectivity index (χ1n) is 7.00. The average molecular weight is 322 g/mol. The molecule has 2 aromatic rings. The number of benzene rings is 1. The first-order valence-corrected chi connectivity index (χ1v) is 7.37. The SMILES string of the molecule is Cc1cc(NC(=O)N[C@@H]2CCO[C@H]2c2ccc(Cl)cc2)no1. The average Bonchev–Trinajstić information content (AvgIpc) is 3.09. The fraction of sp³-hybridized carbons (Fsp3) is 0.333. The summed E-state index contributed by atoms with van der Waals surface area (Å²) >= 11 is 5.89. The van der Waals surface area contributed by atoms with Gasteiger partial charge in [0.2, 0.25) is 0 Å². The number of hydrogen-bond acceptors (Lipinski definition) is 4. The van der Waals surface area contributed by atoms with Gasteiger partial charge in [0, 0.05) is 17.7 Å². The van der Waals surface area contributed by atoms with E-state index in [0.29, 0.717) is 23.2 Å². The van der Waals surface area contributed by atoms with Gasteiger partial charge in [0.15, 0.2) is 5.82 Å². The molecule has 0 aliphatic carbocycles. The molecule has 0 bridgehead atoms. The van der Waals surface area contributed by atoms with Crippen LogP contribution >= 0.6 is 11.6 Å². The monoisotopic (exact) mass is 321 g/mol. The van der Waals surface area contributed by atoms with Crippen molar-refractivity contribution in [1.29, 1.82) is 0 Å². The van der Waals surface area contributed by atoms with Crippen LogP contribution in [0.5, 0.6) is 0 Å². The number of carbonyl (C=O) groups is 1. The molecule has 1 saturated heterocycles. The van der Waals surface area contributed by atoms with Crippen LogP contribution < -0.4 is 10.6 Å². The molecule has 2 heterocycles. The summed E-state index contributed by atoms with van der Waals surface area (Å²) in [5, 5.41) is 9.95. The van der Waals surface area contributed by atoms with E-state index < -0.39 is 0 Å². The standard InChI is InChI=1S/C15H16ClN3O3/c1-9-8-13(19-22-9)18-15(20)17-12-6-7-21-14(12)10-2-4-11(16)5-3-10/h2-5,8,12,14H,6-7H2,1H3,(H2,17,18,19,20)/t12-,14+/m1/s1. The fourth-order valence-electron chi connectivity index (χ4n) is 2.46. The topological polar surface area (TPSA) is 76.4 Å². The Balaban J connectivity index is 1.63. The lowest BCUT2D eigenvalue weighted by Crippen LogP contribution is -2.39. The zero-order valence-corrected chi connectivity index (χ0v) is 12.8. The van der Waals surface area contributed by atoms with Gasteiger partial charge in [0.05, 0.1) is 6.04 Å². The maximum Gasteiger partial charge on any atom is 0.320 e. The second-order valence-electron chi connectivity index (χ2n) is 5.16. The molecule has 1 aliphatic heterocycles. The second-order valence-corrected chi connectivity index (χ2v) is 5.60. The van der Waals surface area contributed by atoms with Gasteiger partial charge in [-0.05, 0) is 31.0 Å². The van der Waals surface area contributed by atoms with Crippen molar-refractivity contribution < 1.29 is 14.1 Å². The van der Waals surface area contributed by atoms with Crippen molar-refractivity contribution in [2.24, 2.45) is 0 Å². The van der Waals surface area contributed by atoms with Gasteiger partial charge in [-0.3, -0.25) is 5.32 Å². The predicted molar refractivity (Wildman–Crippen MR) is 81.9 cm³/mol. The minimum absolute atomic E-state index is 0.103. The summed E-state index contributed by atoms with van der Waals surface area (Å²) in [6.45, 7) is 2.36. The predicted octanol–water partition coefficient (Wildman–Crippen LogP) is 3.29. The van der Waals surface area contributed by atoms with E-state index in [-0.39, 0.29) is 18.2 Å². The van der Waals surface area contributed by atoms with Gasteiger partial charge in [0.25, 0.3) is 0 Å². The number of aromatic nitrogens is 1. The number of ether oxygens (including phenoxy) is 1. The molecule has 0 spiro atoms. The Morgan fingerprint density at radius 2 is 2.14 bits per heavy atom. The highest BCUT2D eigenvalue weighted by atomic mass is 35.5.